The Morgan fingerprint density at radius 3 is 2.89 bits per heavy atom. The number of hydrogen-bond acceptors (Lipinski definition) is 3. The molecule has 98 valence electrons. The number of hydrogen-bond donors (Lipinski definition) is 2. The molecule has 0 aromatic heterocycles. The summed E-state index contributed by atoms with van der Waals surface area (Å²) >= 11 is 7.34. The summed E-state index contributed by atoms with van der Waals surface area (Å²) in [5.41, 5.74) is -0.180. The largest absolute Gasteiger partial charge is 0.321 e. The number of anilines is 1. The van der Waals surface area contributed by atoms with Gasteiger partial charge in [-0.25, -0.2) is 8.78 Å². The maximum absolute atomic E-state index is 13.5. The maximum atomic E-state index is 13.5. The van der Waals surface area contributed by atoms with Crippen molar-refractivity contribution in [2.75, 3.05) is 23.4 Å². The highest BCUT2D eigenvalue weighted by Crippen LogP contribution is 2.26. The molecule has 1 amide bonds. The topological polar surface area (TPSA) is 41.1 Å². The summed E-state index contributed by atoms with van der Waals surface area (Å²) < 4.78 is 26.3. The van der Waals surface area contributed by atoms with E-state index in [1.807, 2.05) is 0 Å². The summed E-state index contributed by atoms with van der Waals surface area (Å²) in [6.07, 6.45) is 0. The van der Waals surface area contributed by atoms with Crippen molar-refractivity contribution in [2.24, 2.45) is 0 Å². The Morgan fingerprint density at radius 2 is 2.28 bits per heavy atom. The molecule has 1 fully saturated rings. The van der Waals surface area contributed by atoms with Crippen molar-refractivity contribution in [1.82, 2.24) is 5.32 Å². The fourth-order valence-electron chi connectivity index (χ4n) is 1.61. The van der Waals surface area contributed by atoms with E-state index in [2.05, 4.69) is 10.6 Å². The van der Waals surface area contributed by atoms with Crippen LogP contribution in [0.2, 0.25) is 5.02 Å². The minimum atomic E-state index is -0.878. The van der Waals surface area contributed by atoms with E-state index in [-0.39, 0.29) is 22.7 Å². The second kappa shape index (κ2) is 5.86. The van der Waals surface area contributed by atoms with Gasteiger partial charge in [-0.2, -0.15) is 11.8 Å². The van der Waals surface area contributed by atoms with Crippen LogP contribution >= 0.6 is 23.4 Å². The van der Waals surface area contributed by atoms with Gasteiger partial charge in [0, 0.05) is 24.1 Å². The first-order valence-corrected chi connectivity index (χ1v) is 6.87. The molecule has 0 spiro atoms. The number of rotatable bonds is 2. The van der Waals surface area contributed by atoms with Gasteiger partial charge in [-0.3, -0.25) is 4.79 Å². The second-order valence-electron chi connectivity index (χ2n) is 3.82. The molecule has 1 aromatic carbocycles. The summed E-state index contributed by atoms with van der Waals surface area (Å²) in [5, 5.41) is 5.26. The van der Waals surface area contributed by atoms with Crippen LogP contribution in [0.5, 0.6) is 0 Å². The standard InChI is InChI=1S/C11H11ClF2N2OS/c12-7-3-6(13)4-8(14)10(7)16-11(17)9-5-18-2-1-15-9/h3-4,9,15H,1-2,5H2,(H,16,17). The Labute approximate surface area is 112 Å². The van der Waals surface area contributed by atoms with Gasteiger partial charge < -0.3 is 10.6 Å². The van der Waals surface area contributed by atoms with Crippen LogP contribution in [-0.2, 0) is 4.79 Å². The van der Waals surface area contributed by atoms with Crippen molar-refractivity contribution in [2.45, 2.75) is 6.04 Å². The third-order valence-corrected chi connectivity index (χ3v) is 3.85. The Morgan fingerprint density at radius 1 is 1.50 bits per heavy atom. The van der Waals surface area contributed by atoms with Gasteiger partial charge in [-0.05, 0) is 6.07 Å². The second-order valence-corrected chi connectivity index (χ2v) is 5.37. The van der Waals surface area contributed by atoms with Gasteiger partial charge in [0.25, 0.3) is 0 Å². The molecule has 0 bridgehead atoms. The van der Waals surface area contributed by atoms with Crippen LogP contribution in [0, 0.1) is 11.6 Å². The van der Waals surface area contributed by atoms with E-state index in [1.54, 1.807) is 11.8 Å². The molecule has 2 rings (SSSR count). The van der Waals surface area contributed by atoms with E-state index >= 15 is 0 Å². The molecule has 18 heavy (non-hydrogen) atoms. The van der Waals surface area contributed by atoms with Crippen molar-refractivity contribution >= 4 is 35.0 Å². The Hall–Kier alpha value is -0.850. The molecule has 1 aliphatic heterocycles. The average molecular weight is 293 g/mol. The van der Waals surface area contributed by atoms with Crippen LogP contribution in [0.4, 0.5) is 14.5 Å². The number of thioether (sulfide) groups is 1. The molecule has 1 aliphatic rings. The van der Waals surface area contributed by atoms with Gasteiger partial charge in [-0.15, -0.1) is 0 Å². The molecule has 7 heteroatoms. The number of halogens is 3. The van der Waals surface area contributed by atoms with E-state index in [9.17, 15) is 13.6 Å². The van der Waals surface area contributed by atoms with Crippen LogP contribution in [0.15, 0.2) is 12.1 Å². The van der Waals surface area contributed by atoms with Crippen molar-refractivity contribution in [3.8, 4) is 0 Å². The van der Waals surface area contributed by atoms with E-state index in [4.69, 9.17) is 11.6 Å². The first-order chi connectivity index (χ1) is 8.58. The van der Waals surface area contributed by atoms with E-state index in [1.165, 1.54) is 0 Å². The zero-order valence-corrected chi connectivity index (χ0v) is 10.9. The van der Waals surface area contributed by atoms with Gasteiger partial charge in [0.2, 0.25) is 5.91 Å². The van der Waals surface area contributed by atoms with E-state index < -0.39 is 11.6 Å². The van der Waals surface area contributed by atoms with Gasteiger partial charge >= 0.3 is 0 Å². The van der Waals surface area contributed by atoms with Crippen LogP contribution in [0.1, 0.15) is 0 Å². The van der Waals surface area contributed by atoms with Gasteiger partial charge in [0.05, 0.1) is 16.8 Å². The zero-order valence-electron chi connectivity index (χ0n) is 9.30. The van der Waals surface area contributed by atoms with Gasteiger partial charge in [-0.1, -0.05) is 11.6 Å². The zero-order chi connectivity index (χ0) is 13.1. The first kappa shape index (κ1) is 13.6. The van der Waals surface area contributed by atoms with E-state index in [0.717, 1.165) is 18.4 Å². The van der Waals surface area contributed by atoms with Crippen LogP contribution in [0.25, 0.3) is 0 Å². The SMILES string of the molecule is O=C(Nc1c(F)cc(F)cc1Cl)C1CSCCN1. The highest BCUT2D eigenvalue weighted by molar-refractivity contribution is 7.99. The first-order valence-electron chi connectivity index (χ1n) is 5.34. The molecule has 1 atom stereocenters. The maximum Gasteiger partial charge on any atom is 0.242 e. The summed E-state index contributed by atoms with van der Waals surface area (Å²) in [5.74, 6) is -0.463. The Bertz CT molecular complexity index is 443. The van der Waals surface area contributed by atoms with Crippen LogP contribution in [-0.4, -0.2) is 30.0 Å². The normalized spacial score (nSPS) is 19.6. The molecule has 0 saturated carbocycles. The molecule has 1 saturated heterocycles. The minimum Gasteiger partial charge on any atom is -0.321 e. The van der Waals surface area contributed by atoms with Crippen molar-refractivity contribution < 1.29 is 13.6 Å². The summed E-state index contributed by atoms with van der Waals surface area (Å²) in [4.78, 5) is 11.9. The Balaban J connectivity index is 2.11. The highest BCUT2D eigenvalue weighted by atomic mass is 35.5. The van der Waals surface area contributed by atoms with E-state index in [0.29, 0.717) is 11.8 Å². The summed E-state index contributed by atoms with van der Waals surface area (Å²) in [6.45, 7) is 0.725. The highest BCUT2D eigenvalue weighted by Gasteiger charge is 2.22. The fourth-order valence-corrected chi connectivity index (χ4v) is 2.78. The average Bonchev–Trinajstić information content (AvgIpc) is 2.34. The molecule has 2 N–H and O–H groups in total. The lowest BCUT2D eigenvalue weighted by atomic mass is 10.2. The quantitative estimate of drug-likeness (QED) is 0.878. The lowest BCUT2D eigenvalue weighted by Gasteiger charge is -2.22. The molecule has 0 radical (unpaired) electrons. The van der Waals surface area contributed by atoms with Gasteiger partial charge in [0.15, 0.2) is 5.82 Å². The predicted molar refractivity (Wildman–Crippen MR) is 69.1 cm³/mol. The molecular formula is C11H11ClF2N2OS. The molecule has 1 aromatic rings. The molecule has 1 unspecified atom stereocenters. The lowest BCUT2D eigenvalue weighted by Crippen LogP contribution is -2.46. The monoisotopic (exact) mass is 292 g/mol. The summed E-state index contributed by atoms with van der Waals surface area (Å²) in [6, 6.07) is 1.26. The number of carbonyl (C=O) groups is 1. The molecule has 1 heterocycles. The molecule has 0 aliphatic carbocycles. The smallest absolute Gasteiger partial charge is 0.242 e. The molecule has 3 nitrogen and oxygen atoms in total. The lowest BCUT2D eigenvalue weighted by molar-refractivity contribution is -0.117. The van der Waals surface area contributed by atoms with Crippen molar-refractivity contribution in [3.05, 3.63) is 28.8 Å². The van der Waals surface area contributed by atoms with Crippen molar-refractivity contribution in [3.63, 3.8) is 0 Å². The van der Waals surface area contributed by atoms with Gasteiger partial charge in [0.1, 0.15) is 5.82 Å². The van der Waals surface area contributed by atoms with Crippen LogP contribution in [0.3, 0.4) is 0 Å². The number of benzene rings is 1. The molecular weight excluding hydrogens is 282 g/mol. The number of carbonyl (C=O) groups excluding carboxylic acids is 1. The predicted octanol–water partition coefficient (Wildman–Crippen LogP) is 2.26. The minimum absolute atomic E-state index is 0.149. The fraction of sp³-hybridized carbons (Fsp3) is 0.364. The Kier molecular flexibility index (Phi) is 4.42. The van der Waals surface area contributed by atoms with Crippen molar-refractivity contribution in [1.29, 1.82) is 0 Å². The number of nitrogens with one attached hydrogen (secondary N) is 2. The third kappa shape index (κ3) is 3.13. The summed E-state index contributed by atoms with van der Waals surface area (Å²) in [7, 11) is 0. The third-order valence-electron chi connectivity index (χ3n) is 2.49. The van der Waals surface area contributed by atoms with Crippen LogP contribution < -0.4 is 10.6 Å². The number of amides is 1.